The number of hydrogen-bond donors (Lipinski definition) is 2. The molecule has 3 aliphatic carbocycles. The van der Waals surface area contributed by atoms with E-state index in [-0.39, 0.29) is 23.0 Å². The van der Waals surface area contributed by atoms with Gasteiger partial charge in [0.25, 0.3) is 0 Å². The molecule has 0 radical (unpaired) electrons. The van der Waals surface area contributed by atoms with E-state index in [4.69, 9.17) is 4.84 Å². The van der Waals surface area contributed by atoms with Crippen molar-refractivity contribution in [2.45, 2.75) is 64.7 Å². The SMILES string of the molecule is CON=C1C[C@@H](CCC(=O)Nc2ncc(C)s2)C2C3CCc4c(cc(Br)c(O)c4F)C3CC[C@]12C. The second-order valence-electron chi connectivity index (χ2n) is 10.4. The van der Waals surface area contributed by atoms with Crippen LogP contribution in [0.2, 0.25) is 0 Å². The number of nitrogens with zero attached hydrogens (tertiary/aromatic N) is 2. The summed E-state index contributed by atoms with van der Waals surface area (Å²) in [6, 6.07) is 1.92. The highest BCUT2D eigenvalue weighted by Gasteiger charge is 2.58. The Morgan fingerprint density at radius 1 is 1.46 bits per heavy atom. The second kappa shape index (κ2) is 9.47. The summed E-state index contributed by atoms with van der Waals surface area (Å²) < 4.78 is 15.3. The maximum Gasteiger partial charge on any atom is 0.226 e. The van der Waals surface area contributed by atoms with E-state index in [1.165, 1.54) is 11.3 Å². The average molecular weight is 565 g/mol. The number of phenols is 1. The molecule has 1 heterocycles. The van der Waals surface area contributed by atoms with Crippen LogP contribution in [-0.4, -0.2) is 28.8 Å². The highest BCUT2D eigenvalue weighted by molar-refractivity contribution is 9.10. The van der Waals surface area contributed by atoms with E-state index in [0.29, 0.717) is 45.8 Å². The minimum absolute atomic E-state index is 0.0130. The van der Waals surface area contributed by atoms with Crippen molar-refractivity contribution in [2.75, 3.05) is 12.4 Å². The number of carbonyl (C=O) groups excluding carboxylic acids is 1. The van der Waals surface area contributed by atoms with Crippen molar-refractivity contribution in [1.82, 2.24) is 4.98 Å². The maximum atomic E-state index is 14.9. The van der Waals surface area contributed by atoms with E-state index in [0.717, 1.165) is 48.3 Å². The number of anilines is 1. The fourth-order valence-electron chi connectivity index (χ4n) is 7.15. The van der Waals surface area contributed by atoms with Gasteiger partial charge in [0.15, 0.2) is 16.7 Å². The number of aromatic hydroxyl groups is 1. The number of aryl methyl sites for hydroxylation is 1. The Bertz CT molecular complexity index is 1180. The normalized spacial score (nSPS) is 30.5. The Kier molecular flexibility index (Phi) is 6.68. The topological polar surface area (TPSA) is 83.8 Å². The number of hydrogen-bond acceptors (Lipinski definition) is 6. The lowest BCUT2D eigenvalue weighted by atomic mass is 9.54. The smallest absolute Gasteiger partial charge is 0.226 e. The molecule has 6 nitrogen and oxygen atoms in total. The van der Waals surface area contributed by atoms with Crippen LogP contribution in [-0.2, 0) is 16.1 Å². The molecule has 1 aromatic carbocycles. The number of amides is 1. The third kappa shape index (κ3) is 4.28. The van der Waals surface area contributed by atoms with Crippen LogP contribution in [0.15, 0.2) is 21.9 Å². The number of aromatic nitrogens is 1. The zero-order chi connectivity index (χ0) is 24.9. The first-order chi connectivity index (χ1) is 16.7. The summed E-state index contributed by atoms with van der Waals surface area (Å²) in [4.78, 5) is 23.3. The van der Waals surface area contributed by atoms with Crippen molar-refractivity contribution in [3.05, 3.63) is 38.6 Å². The summed E-state index contributed by atoms with van der Waals surface area (Å²) in [6.07, 6.45) is 7.16. The molecule has 0 aliphatic heterocycles. The highest BCUT2D eigenvalue weighted by Crippen LogP contribution is 2.63. The lowest BCUT2D eigenvalue weighted by Gasteiger charge is -2.50. The van der Waals surface area contributed by atoms with E-state index in [9.17, 15) is 14.3 Å². The summed E-state index contributed by atoms with van der Waals surface area (Å²) in [5.41, 5.74) is 2.69. The lowest BCUT2D eigenvalue weighted by molar-refractivity contribution is -0.116. The summed E-state index contributed by atoms with van der Waals surface area (Å²) in [7, 11) is 1.59. The molecule has 2 fully saturated rings. The molecular weight excluding hydrogens is 533 g/mol. The fraction of sp³-hybridized carbons (Fsp3) is 0.577. The largest absolute Gasteiger partial charge is 0.504 e. The van der Waals surface area contributed by atoms with E-state index in [1.807, 2.05) is 13.0 Å². The molecule has 0 spiro atoms. The van der Waals surface area contributed by atoms with Crippen LogP contribution < -0.4 is 5.32 Å². The van der Waals surface area contributed by atoms with E-state index in [1.54, 1.807) is 13.3 Å². The molecule has 5 atom stereocenters. The molecule has 2 aromatic rings. The Morgan fingerprint density at radius 3 is 2.97 bits per heavy atom. The fourth-order valence-corrected chi connectivity index (χ4v) is 8.25. The summed E-state index contributed by atoms with van der Waals surface area (Å²) in [5.74, 6) is 0.459. The highest BCUT2D eigenvalue weighted by atomic mass is 79.9. The number of thiazole rings is 1. The van der Waals surface area contributed by atoms with Gasteiger partial charge < -0.3 is 15.3 Å². The molecule has 0 bridgehead atoms. The van der Waals surface area contributed by atoms with E-state index in [2.05, 4.69) is 38.3 Å². The standard InChI is InChI=1S/C26H31BrFN3O3S/c1-13-12-29-25(35-13)30-21(32)7-4-14-10-20(31-34-3)26(2)9-8-15-16(22(14)26)5-6-17-18(15)11-19(27)24(33)23(17)28/h11-12,14-16,22,33H,4-10H2,1-3H3,(H,29,30,32)/t14-,15?,16?,22?,26-/m1/s1. The molecule has 1 aromatic heterocycles. The first-order valence-corrected chi connectivity index (χ1v) is 13.9. The molecule has 5 rings (SSSR count). The minimum atomic E-state index is -0.486. The van der Waals surface area contributed by atoms with Gasteiger partial charge in [-0.3, -0.25) is 4.79 Å². The van der Waals surface area contributed by atoms with Crippen LogP contribution in [0, 0.1) is 35.9 Å². The monoisotopic (exact) mass is 563 g/mol. The van der Waals surface area contributed by atoms with Crippen LogP contribution in [0.25, 0.3) is 0 Å². The molecule has 2 saturated carbocycles. The lowest BCUT2D eigenvalue weighted by Crippen LogP contribution is -2.44. The van der Waals surface area contributed by atoms with E-state index >= 15 is 0 Å². The number of carbonyl (C=O) groups is 1. The van der Waals surface area contributed by atoms with Crippen molar-refractivity contribution in [1.29, 1.82) is 0 Å². The summed E-state index contributed by atoms with van der Waals surface area (Å²) in [5, 5.41) is 18.2. The zero-order valence-electron chi connectivity index (χ0n) is 20.2. The Hall–Kier alpha value is -2.00. The van der Waals surface area contributed by atoms with Gasteiger partial charge in [-0.2, -0.15) is 0 Å². The summed E-state index contributed by atoms with van der Waals surface area (Å²) in [6.45, 7) is 4.27. The van der Waals surface area contributed by atoms with Crippen molar-refractivity contribution in [2.24, 2.45) is 28.3 Å². The van der Waals surface area contributed by atoms with Crippen molar-refractivity contribution in [3.8, 4) is 5.75 Å². The quantitative estimate of drug-likeness (QED) is 0.403. The second-order valence-corrected chi connectivity index (χ2v) is 12.5. The molecule has 9 heteroatoms. The van der Waals surface area contributed by atoms with E-state index < -0.39 is 5.82 Å². The molecule has 188 valence electrons. The third-order valence-electron chi connectivity index (χ3n) is 8.58. The zero-order valence-corrected chi connectivity index (χ0v) is 22.6. The Labute approximate surface area is 217 Å². The summed E-state index contributed by atoms with van der Waals surface area (Å²) >= 11 is 4.83. The predicted octanol–water partition coefficient (Wildman–Crippen LogP) is 6.56. The van der Waals surface area contributed by atoms with Crippen LogP contribution in [0.4, 0.5) is 9.52 Å². The van der Waals surface area contributed by atoms with Gasteiger partial charge >= 0.3 is 0 Å². The average Bonchev–Trinajstić information content (AvgIpc) is 3.36. The molecule has 35 heavy (non-hydrogen) atoms. The van der Waals surface area contributed by atoms with Gasteiger partial charge in [-0.05, 0) is 102 Å². The van der Waals surface area contributed by atoms with Gasteiger partial charge in [-0.15, -0.1) is 11.3 Å². The Morgan fingerprint density at radius 2 is 2.26 bits per heavy atom. The van der Waals surface area contributed by atoms with Crippen LogP contribution in [0.1, 0.15) is 67.4 Å². The van der Waals surface area contributed by atoms with Crippen molar-refractivity contribution < 1.29 is 19.1 Å². The number of nitrogens with one attached hydrogen (secondary N) is 1. The van der Waals surface area contributed by atoms with Gasteiger partial charge in [0, 0.05) is 22.9 Å². The van der Waals surface area contributed by atoms with Crippen LogP contribution in [0.3, 0.4) is 0 Å². The van der Waals surface area contributed by atoms with Gasteiger partial charge in [-0.1, -0.05) is 12.1 Å². The van der Waals surface area contributed by atoms with Crippen molar-refractivity contribution >= 4 is 44.0 Å². The number of fused-ring (bicyclic) bond motifs is 5. The number of benzene rings is 1. The number of phenolic OH excluding ortho intramolecular Hbond substituents is 1. The molecule has 1 amide bonds. The molecule has 3 unspecified atom stereocenters. The predicted molar refractivity (Wildman–Crippen MR) is 138 cm³/mol. The number of rotatable bonds is 5. The first-order valence-electron chi connectivity index (χ1n) is 12.3. The first kappa shape index (κ1) is 24.7. The molecule has 2 N–H and O–H groups in total. The van der Waals surface area contributed by atoms with Crippen molar-refractivity contribution in [3.63, 3.8) is 0 Å². The maximum absolute atomic E-state index is 14.9. The van der Waals surface area contributed by atoms with Gasteiger partial charge in [0.05, 0.1) is 10.2 Å². The van der Waals surface area contributed by atoms with Crippen LogP contribution in [0.5, 0.6) is 5.75 Å². The molecular formula is C26H31BrFN3O3S. The number of halogens is 2. The third-order valence-corrected chi connectivity index (χ3v) is 10.0. The molecule has 3 aliphatic rings. The molecule has 0 saturated heterocycles. The Balaban J connectivity index is 1.41. The van der Waals surface area contributed by atoms with Gasteiger partial charge in [0.1, 0.15) is 7.11 Å². The minimum Gasteiger partial charge on any atom is -0.504 e. The van der Waals surface area contributed by atoms with Gasteiger partial charge in [0.2, 0.25) is 5.91 Å². The van der Waals surface area contributed by atoms with Gasteiger partial charge in [-0.25, -0.2) is 9.37 Å². The number of oxime groups is 1. The van der Waals surface area contributed by atoms with Crippen LogP contribution >= 0.6 is 27.3 Å².